The van der Waals surface area contributed by atoms with E-state index >= 15 is 0 Å². The van der Waals surface area contributed by atoms with E-state index in [9.17, 15) is 0 Å². The molecule has 0 fully saturated rings. The Kier molecular flexibility index (Phi) is 5.03. The van der Waals surface area contributed by atoms with Crippen molar-refractivity contribution >= 4 is 23.2 Å². The first-order chi connectivity index (χ1) is 9.52. The Hall–Kier alpha value is -1.09. The molecule has 0 radical (unpaired) electrons. The zero-order chi connectivity index (χ0) is 14.7. The minimum absolute atomic E-state index is 0.0721. The second kappa shape index (κ2) is 6.57. The molecular weight excluding hydrogens is 291 g/mol. The van der Waals surface area contributed by atoms with E-state index in [1.54, 1.807) is 0 Å². The van der Waals surface area contributed by atoms with Crippen LogP contribution in [-0.4, -0.2) is 11.5 Å². The van der Waals surface area contributed by atoms with E-state index in [-0.39, 0.29) is 6.04 Å². The number of halogens is 2. The van der Waals surface area contributed by atoms with Gasteiger partial charge < -0.3 is 5.32 Å². The largest absolute Gasteiger partial charge is 0.306 e. The highest BCUT2D eigenvalue weighted by atomic mass is 35.5. The summed E-state index contributed by atoms with van der Waals surface area (Å²) in [5.41, 5.74) is 4.31. The Balaban J connectivity index is 2.47. The van der Waals surface area contributed by atoms with E-state index < -0.39 is 0 Å². The van der Waals surface area contributed by atoms with Crippen LogP contribution < -0.4 is 5.32 Å². The maximum absolute atomic E-state index is 6.14. The average molecular weight is 309 g/mol. The van der Waals surface area contributed by atoms with Gasteiger partial charge >= 0.3 is 0 Å². The molecular formula is C16H18Cl2N2. The van der Waals surface area contributed by atoms with E-state index in [1.807, 2.05) is 38.1 Å². The summed E-state index contributed by atoms with van der Waals surface area (Å²) in [4.78, 5) is 4.54. The average Bonchev–Trinajstić information content (AvgIpc) is 2.40. The van der Waals surface area contributed by atoms with E-state index in [4.69, 9.17) is 23.2 Å². The van der Waals surface area contributed by atoms with Gasteiger partial charge in [-0.15, -0.1) is 0 Å². The lowest BCUT2D eigenvalue weighted by Crippen LogP contribution is -2.23. The van der Waals surface area contributed by atoms with Gasteiger partial charge in [-0.2, -0.15) is 0 Å². The van der Waals surface area contributed by atoms with Gasteiger partial charge in [-0.3, -0.25) is 4.98 Å². The first-order valence-electron chi connectivity index (χ1n) is 6.65. The van der Waals surface area contributed by atoms with Crippen molar-refractivity contribution in [2.45, 2.75) is 26.8 Å². The fourth-order valence-electron chi connectivity index (χ4n) is 2.31. The summed E-state index contributed by atoms with van der Waals surface area (Å²) in [6, 6.07) is 9.97. The van der Waals surface area contributed by atoms with Gasteiger partial charge in [0, 0.05) is 11.4 Å². The number of aryl methyl sites for hydroxylation is 2. The standard InChI is InChI=1S/C16H18Cl2N2/c1-4-19-16(12-6-8-14(17)15(18)9-12)13-7-5-10(2)20-11(13)3/h5-9,16,19H,4H2,1-3H3. The minimum Gasteiger partial charge on any atom is -0.306 e. The second-order valence-corrected chi connectivity index (χ2v) is 5.61. The van der Waals surface area contributed by atoms with Crippen LogP contribution in [0, 0.1) is 13.8 Å². The number of hydrogen-bond acceptors (Lipinski definition) is 2. The monoisotopic (exact) mass is 308 g/mol. The van der Waals surface area contributed by atoms with Crippen LogP contribution in [-0.2, 0) is 0 Å². The lowest BCUT2D eigenvalue weighted by molar-refractivity contribution is 0.624. The van der Waals surface area contributed by atoms with E-state index in [2.05, 4.69) is 23.3 Å². The quantitative estimate of drug-likeness (QED) is 0.885. The molecule has 1 atom stereocenters. The van der Waals surface area contributed by atoms with E-state index in [0.717, 1.165) is 29.1 Å². The summed E-state index contributed by atoms with van der Waals surface area (Å²) in [6.45, 7) is 6.97. The molecule has 1 unspecified atom stereocenters. The Bertz CT molecular complexity index is 611. The maximum Gasteiger partial charge on any atom is 0.0595 e. The van der Waals surface area contributed by atoms with Crippen molar-refractivity contribution in [3.8, 4) is 0 Å². The zero-order valence-electron chi connectivity index (χ0n) is 11.9. The minimum atomic E-state index is 0.0721. The predicted molar refractivity (Wildman–Crippen MR) is 85.7 cm³/mol. The molecule has 0 aliphatic heterocycles. The summed E-state index contributed by atoms with van der Waals surface area (Å²) in [6.07, 6.45) is 0. The molecule has 0 saturated heterocycles. The predicted octanol–water partition coefficient (Wildman–Crippen LogP) is 4.70. The van der Waals surface area contributed by atoms with E-state index in [1.165, 1.54) is 0 Å². The summed E-state index contributed by atoms with van der Waals surface area (Å²) in [5.74, 6) is 0. The molecule has 0 saturated carbocycles. The van der Waals surface area contributed by atoms with Gasteiger partial charge in [0.1, 0.15) is 0 Å². The molecule has 0 aliphatic rings. The highest BCUT2D eigenvalue weighted by Gasteiger charge is 2.16. The van der Waals surface area contributed by atoms with Gasteiger partial charge in [0.2, 0.25) is 0 Å². The van der Waals surface area contributed by atoms with Crippen molar-refractivity contribution < 1.29 is 0 Å². The summed E-state index contributed by atoms with van der Waals surface area (Å²) >= 11 is 12.1. The molecule has 1 aromatic carbocycles. The first kappa shape index (κ1) is 15.3. The van der Waals surface area contributed by atoms with Crippen molar-refractivity contribution in [3.63, 3.8) is 0 Å². The third-order valence-electron chi connectivity index (χ3n) is 3.26. The Morgan fingerprint density at radius 2 is 1.85 bits per heavy atom. The topological polar surface area (TPSA) is 24.9 Å². The Labute approximate surface area is 130 Å². The number of nitrogens with one attached hydrogen (secondary N) is 1. The first-order valence-corrected chi connectivity index (χ1v) is 7.41. The van der Waals surface area contributed by atoms with Crippen molar-refractivity contribution in [3.05, 3.63) is 62.9 Å². The maximum atomic E-state index is 6.14. The molecule has 2 rings (SSSR count). The summed E-state index contributed by atoms with van der Waals surface area (Å²) < 4.78 is 0. The van der Waals surface area contributed by atoms with Crippen LogP contribution in [0.3, 0.4) is 0 Å². The lowest BCUT2D eigenvalue weighted by Gasteiger charge is -2.21. The molecule has 2 aromatic rings. The van der Waals surface area contributed by atoms with Crippen molar-refractivity contribution in [1.29, 1.82) is 0 Å². The van der Waals surface area contributed by atoms with Gasteiger partial charge in [0.25, 0.3) is 0 Å². The number of nitrogens with zero attached hydrogens (tertiary/aromatic N) is 1. The number of rotatable bonds is 4. The van der Waals surface area contributed by atoms with Crippen LogP contribution in [0.4, 0.5) is 0 Å². The van der Waals surface area contributed by atoms with Crippen LogP contribution >= 0.6 is 23.2 Å². The molecule has 0 spiro atoms. The third kappa shape index (κ3) is 3.32. The lowest BCUT2D eigenvalue weighted by atomic mass is 9.97. The van der Waals surface area contributed by atoms with Gasteiger partial charge in [0.05, 0.1) is 16.1 Å². The number of benzene rings is 1. The highest BCUT2D eigenvalue weighted by Crippen LogP contribution is 2.29. The molecule has 2 nitrogen and oxygen atoms in total. The number of aromatic nitrogens is 1. The van der Waals surface area contributed by atoms with Gasteiger partial charge in [-0.25, -0.2) is 0 Å². The van der Waals surface area contributed by atoms with Gasteiger partial charge in [0.15, 0.2) is 0 Å². The molecule has 1 N–H and O–H groups in total. The molecule has 0 bridgehead atoms. The third-order valence-corrected chi connectivity index (χ3v) is 4.00. The molecule has 4 heteroatoms. The fraction of sp³-hybridized carbons (Fsp3) is 0.312. The fourth-order valence-corrected chi connectivity index (χ4v) is 2.61. The molecule has 0 amide bonds. The van der Waals surface area contributed by atoms with Gasteiger partial charge in [-0.05, 0) is 49.7 Å². The van der Waals surface area contributed by atoms with Crippen LogP contribution in [0.5, 0.6) is 0 Å². The van der Waals surface area contributed by atoms with Crippen LogP contribution in [0.1, 0.15) is 35.5 Å². The normalized spacial score (nSPS) is 12.4. The number of pyridine rings is 1. The van der Waals surface area contributed by atoms with Crippen LogP contribution in [0.15, 0.2) is 30.3 Å². The molecule has 0 aliphatic carbocycles. The van der Waals surface area contributed by atoms with Gasteiger partial charge in [-0.1, -0.05) is 42.3 Å². The highest BCUT2D eigenvalue weighted by molar-refractivity contribution is 6.42. The summed E-state index contributed by atoms with van der Waals surface area (Å²) in [5, 5.41) is 4.63. The Morgan fingerprint density at radius 1 is 1.10 bits per heavy atom. The SMILES string of the molecule is CCNC(c1ccc(Cl)c(Cl)c1)c1ccc(C)nc1C. The Morgan fingerprint density at radius 3 is 2.45 bits per heavy atom. The summed E-state index contributed by atoms with van der Waals surface area (Å²) in [7, 11) is 0. The molecule has 106 valence electrons. The number of hydrogen-bond donors (Lipinski definition) is 1. The van der Waals surface area contributed by atoms with Crippen LogP contribution in [0.25, 0.3) is 0 Å². The molecule has 1 aromatic heterocycles. The smallest absolute Gasteiger partial charge is 0.0595 e. The van der Waals surface area contributed by atoms with E-state index in [0.29, 0.717) is 10.0 Å². The van der Waals surface area contributed by atoms with Crippen LogP contribution in [0.2, 0.25) is 10.0 Å². The van der Waals surface area contributed by atoms with Crippen molar-refractivity contribution in [2.24, 2.45) is 0 Å². The molecule has 20 heavy (non-hydrogen) atoms. The second-order valence-electron chi connectivity index (χ2n) is 4.79. The zero-order valence-corrected chi connectivity index (χ0v) is 13.4. The van der Waals surface area contributed by atoms with Crippen molar-refractivity contribution in [2.75, 3.05) is 6.54 Å². The van der Waals surface area contributed by atoms with Crippen molar-refractivity contribution in [1.82, 2.24) is 10.3 Å². The molecule has 1 heterocycles.